The highest BCUT2D eigenvalue weighted by molar-refractivity contribution is 7.92. The molecule has 8 heteroatoms. The van der Waals surface area contributed by atoms with Crippen LogP contribution in [0, 0.1) is 6.92 Å². The maximum atomic E-state index is 13.4. The highest BCUT2D eigenvalue weighted by atomic mass is 35.5. The number of halogens is 1. The first kappa shape index (κ1) is 21.2. The number of ether oxygens (including phenoxy) is 1. The summed E-state index contributed by atoms with van der Waals surface area (Å²) in [5.41, 5.74) is 2.19. The predicted octanol–water partition coefficient (Wildman–Crippen LogP) is 3.92. The second kappa shape index (κ2) is 8.61. The van der Waals surface area contributed by atoms with Crippen molar-refractivity contribution in [3.05, 3.63) is 88.9 Å². The first-order valence-corrected chi connectivity index (χ1v) is 11.5. The molecule has 4 rings (SSSR count). The fourth-order valence-corrected chi connectivity index (χ4v) is 4.96. The van der Waals surface area contributed by atoms with Crippen molar-refractivity contribution >= 4 is 33.2 Å². The molecule has 1 amide bonds. The number of nitrogens with zero attached hydrogens (tertiary/aromatic N) is 1. The van der Waals surface area contributed by atoms with Gasteiger partial charge >= 0.3 is 0 Å². The molecule has 0 saturated carbocycles. The number of benzene rings is 3. The zero-order valence-electron chi connectivity index (χ0n) is 16.8. The lowest BCUT2D eigenvalue weighted by Gasteiger charge is -2.35. The molecule has 0 bridgehead atoms. The lowest BCUT2D eigenvalue weighted by molar-refractivity contribution is -0.127. The van der Waals surface area contributed by atoms with Crippen molar-refractivity contribution in [3.8, 4) is 5.75 Å². The Morgan fingerprint density at radius 1 is 1.10 bits per heavy atom. The molecule has 0 unspecified atom stereocenters. The summed E-state index contributed by atoms with van der Waals surface area (Å²) in [5.74, 6) is -0.111. The molecule has 0 spiro atoms. The molecular formula is C23H21ClN2O4S. The number of amides is 1. The minimum atomic E-state index is -3.93. The highest BCUT2D eigenvalue weighted by Gasteiger charge is 2.37. The lowest BCUT2D eigenvalue weighted by atomic mass is 10.2. The number of fused-ring (bicyclic) bond motifs is 1. The van der Waals surface area contributed by atoms with Gasteiger partial charge in [-0.2, -0.15) is 0 Å². The monoisotopic (exact) mass is 456 g/mol. The van der Waals surface area contributed by atoms with Crippen LogP contribution in [0.1, 0.15) is 11.1 Å². The van der Waals surface area contributed by atoms with Crippen LogP contribution in [0.5, 0.6) is 5.75 Å². The Bertz CT molecular complexity index is 1200. The maximum Gasteiger partial charge on any atom is 0.264 e. The highest BCUT2D eigenvalue weighted by Crippen LogP contribution is 2.38. The fraction of sp³-hybridized carbons (Fsp3) is 0.174. The number of carbonyl (C=O) groups excluding carboxylic acids is 1. The van der Waals surface area contributed by atoms with Crippen LogP contribution in [0.15, 0.2) is 77.7 Å². The van der Waals surface area contributed by atoms with Crippen LogP contribution < -0.4 is 14.4 Å². The number of hydrogen-bond donors (Lipinski definition) is 1. The summed E-state index contributed by atoms with van der Waals surface area (Å²) in [6.45, 7) is 2.04. The molecule has 6 nitrogen and oxygen atoms in total. The molecule has 160 valence electrons. The molecule has 3 aromatic rings. The van der Waals surface area contributed by atoms with Crippen molar-refractivity contribution in [2.45, 2.75) is 24.5 Å². The van der Waals surface area contributed by atoms with Gasteiger partial charge in [-0.15, -0.1) is 0 Å². The summed E-state index contributed by atoms with van der Waals surface area (Å²) >= 11 is 6.12. The Morgan fingerprint density at radius 2 is 1.81 bits per heavy atom. The van der Waals surface area contributed by atoms with E-state index in [2.05, 4.69) is 5.32 Å². The molecule has 1 aliphatic rings. The Labute approximate surface area is 186 Å². The molecule has 0 aromatic heterocycles. The third kappa shape index (κ3) is 4.52. The standard InChI is InChI=1S/C23H21ClN2O4S/c1-16-7-10-19(11-8-16)31(28,29)26-15-22(30-21-12-9-18(24)13-20(21)26)23(27)25-14-17-5-3-2-4-6-17/h2-13,22H,14-15H2,1H3,(H,25,27)/t22-/m1/s1. The van der Waals surface area contributed by atoms with Gasteiger partial charge in [0.2, 0.25) is 0 Å². The van der Waals surface area contributed by atoms with E-state index in [9.17, 15) is 13.2 Å². The van der Waals surface area contributed by atoms with Gasteiger partial charge in [-0.1, -0.05) is 59.6 Å². The Hall–Kier alpha value is -3.03. The smallest absolute Gasteiger partial charge is 0.264 e. The number of hydrogen-bond acceptors (Lipinski definition) is 4. The largest absolute Gasteiger partial charge is 0.476 e. The van der Waals surface area contributed by atoms with Crippen LogP contribution >= 0.6 is 11.6 Å². The average molecular weight is 457 g/mol. The SMILES string of the molecule is Cc1ccc(S(=O)(=O)N2C[C@H](C(=O)NCc3ccccc3)Oc3ccc(Cl)cc32)cc1. The molecular weight excluding hydrogens is 436 g/mol. The van der Waals surface area contributed by atoms with Crippen LogP contribution in [0.2, 0.25) is 5.02 Å². The normalized spacial score (nSPS) is 15.7. The van der Waals surface area contributed by atoms with Gasteiger partial charge in [-0.05, 0) is 42.8 Å². The van der Waals surface area contributed by atoms with Gasteiger partial charge in [-0.25, -0.2) is 8.42 Å². The minimum absolute atomic E-state index is 0.134. The summed E-state index contributed by atoms with van der Waals surface area (Å²) in [7, 11) is -3.93. The van der Waals surface area contributed by atoms with Crippen LogP contribution in [0.4, 0.5) is 5.69 Å². The molecule has 3 aromatic carbocycles. The molecule has 0 radical (unpaired) electrons. The number of rotatable bonds is 5. The van der Waals surface area contributed by atoms with Crippen molar-refractivity contribution in [1.82, 2.24) is 5.32 Å². The van der Waals surface area contributed by atoms with Crippen molar-refractivity contribution in [2.75, 3.05) is 10.8 Å². The van der Waals surface area contributed by atoms with Gasteiger partial charge in [0.15, 0.2) is 6.10 Å². The number of aryl methyl sites for hydroxylation is 1. The van der Waals surface area contributed by atoms with E-state index < -0.39 is 22.0 Å². The van der Waals surface area contributed by atoms with Crippen LogP contribution in [-0.2, 0) is 21.4 Å². The van der Waals surface area contributed by atoms with Crippen LogP contribution in [-0.4, -0.2) is 27.0 Å². The number of nitrogens with one attached hydrogen (secondary N) is 1. The number of carbonyl (C=O) groups is 1. The van der Waals surface area contributed by atoms with Gasteiger partial charge in [0.1, 0.15) is 5.75 Å². The molecule has 1 heterocycles. The van der Waals surface area contributed by atoms with Crippen LogP contribution in [0.3, 0.4) is 0 Å². The van der Waals surface area contributed by atoms with Crippen molar-refractivity contribution in [1.29, 1.82) is 0 Å². The summed E-state index contributed by atoms with van der Waals surface area (Å²) in [4.78, 5) is 13.0. The van der Waals surface area contributed by atoms with E-state index in [1.54, 1.807) is 36.4 Å². The summed E-state index contributed by atoms with van der Waals surface area (Å²) < 4.78 is 33.9. The molecule has 0 fully saturated rings. The topological polar surface area (TPSA) is 75.7 Å². The van der Waals surface area contributed by atoms with Gasteiger partial charge in [0.25, 0.3) is 15.9 Å². The van der Waals surface area contributed by atoms with E-state index in [-0.39, 0.29) is 17.2 Å². The van der Waals surface area contributed by atoms with Crippen molar-refractivity contribution in [3.63, 3.8) is 0 Å². The third-order valence-electron chi connectivity index (χ3n) is 5.00. The predicted molar refractivity (Wildman–Crippen MR) is 120 cm³/mol. The van der Waals surface area contributed by atoms with E-state index in [0.717, 1.165) is 11.1 Å². The quantitative estimate of drug-likeness (QED) is 0.631. The minimum Gasteiger partial charge on any atom is -0.476 e. The van der Waals surface area contributed by atoms with Crippen molar-refractivity contribution in [2.24, 2.45) is 0 Å². The van der Waals surface area contributed by atoms with Crippen molar-refractivity contribution < 1.29 is 17.9 Å². The Balaban J connectivity index is 1.63. The first-order chi connectivity index (χ1) is 14.8. The van der Waals surface area contributed by atoms with E-state index in [1.807, 2.05) is 37.3 Å². The zero-order chi connectivity index (χ0) is 22.0. The van der Waals surface area contributed by atoms with Crippen LogP contribution in [0.25, 0.3) is 0 Å². The molecule has 1 N–H and O–H groups in total. The van der Waals surface area contributed by atoms with E-state index in [0.29, 0.717) is 17.3 Å². The van der Waals surface area contributed by atoms with Gasteiger partial charge in [-0.3, -0.25) is 9.10 Å². The number of sulfonamides is 1. The lowest BCUT2D eigenvalue weighted by Crippen LogP contribution is -2.50. The Morgan fingerprint density at radius 3 is 2.52 bits per heavy atom. The second-order valence-electron chi connectivity index (χ2n) is 7.27. The summed E-state index contributed by atoms with van der Waals surface area (Å²) in [6.07, 6.45) is -1.00. The molecule has 0 aliphatic carbocycles. The molecule has 0 saturated heterocycles. The van der Waals surface area contributed by atoms with Gasteiger partial charge in [0, 0.05) is 11.6 Å². The summed E-state index contributed by atoms with van der Waals surface area (Å²) in [6, 6.07) is 20.7. The third-order valence-corrected chi connectivity index (χ3v) is 7.03. The molecule has 31 heavy (non-hydrogen) atoms. The average Bonchev–Trinajstić information content (AvgIpc) is 2.77. The molecule has 1 aliphatic heterocycles. The van der Waals surface area contributed by atoms with E-state index in [1.165, 1.54) is 10.4 Å². The van der Waals surface area contributed by atoms with Gasteiger partial charge in [0.05, 0.1) is 17.1 Å². The number of anilines is 1. The Kier molecular flexibility index (Phi) is 5.89. The van der Waals surface area contributed by atoms with E-state index >= 15 is 0 Å². The van der Waals surface area contributed by atoms with E-state index in [4.69, 9.17) is 16.3 Å². The zero-order valence-corrected chi connectivity index (χ0v) is 18.4. The second-order valence-corrected chi connectivity index (χ2v) is 9.57. The maximum absolute atomic E-state index is 13.4. The van der Waals surface area contributed by atoms with Gasteiger partial charge < -0.3 is 10.1 Å². The summed E-state index contributed by atoms with van der Waals surface area (Å²) in [5, 5.41) is 3.19. The molecule has 1 atom stereocenters. The first-order valence-electron chi connectivity index (χ1n) is 9.72. The fourth-order valence-electron chi connectivity index (χ4n) is 3.32.